The van der Waals surface area contributed by atoms with E-state index in [1.165, 1.54) is 0 Å². The van der Waals surface area contributed by atoms with E-state index in [-0.39, 0.29) is 34.6 Å². The van der Waals surface area contributed by atoms with Gasteiger partial charge in [0.25, 0.3) is 17.7 Å². The Morgan fingerprint density at radius 3 is 1.64 bits per heavy atom. The summed E-state index contributed by atoms with van der Waals surface area (Å²) < 4.78 is 0. The quantitative estimate of drug-likeness (QED) is 0.201. The second-order valence-electron chi connectivity index (χ2n) is 11.0. The Bertz CT molecular complexity index is 1650. The first kappa shape index (κ1) is 26.4. The van der Waals surface area contributed by atoms with Crippen LogP contribution in [0.5, 0.6) is 0 Å². The van der Waals surface area contributed by atoms with E-state index < -0.39 is 35.6 Å². The standard InChI is InChI=1S/C35H27ClN2O4/c1-2-27(32(39)20-12-4-3-5-13-20)37(33(40)25-18-10-11-19-26(25)36)38-34(41)30-28-21-14-6-7-15-22(21)29(31(30)35(38)42)24-17-9-8-16-23(24)28/h3-19,27-31H,2H2,1H3/t27-,28?,29?,30+,31+/m1/s1. The van der Waals surface area contributed by atoms with Crippen LogP contribution in [0.2, 0.25) is 5.02 Å². The van der Waals surface area contributed by atoms with Crippen molar-refractivity contribution in [1.29, 1.82) is 0 Å². The number of amides is 3. The molecule has 3 aliphatic carbocycles. The van der Waals surface area contributed by atoms with Gasteiger partial charge in [0.15, 0.2) is 5.78 Å². The molecule has 0 aromatic heterocycles. The Kier molecular flexibility index (Phi) is 6.32. The average Bonchev–Trinajstić information content (AvgIpc) is 3.29. The summed E-state index contributed by atoms with van der Waals surface area (Å²) in [5.41, 5.74) is 4.62. The van der Waals surface area contributed by atoms with Crippen LogP contribution in [0.1, 0.15) is 68.2 Å². The van der Waals surface area contributed by atoms with Crippen molar-refractivity contribution in [3.63, 3.8) is 0 Å². The Balaban J connectivity index is 1.39. The summed E-state index contributed by atoms with van der Waals surface area (Å²) in [5.74, 6) is -4.03. The third kappa shape index (κ3) is 3.71. The van der Waals surface area contributed by atoms with Gasteiger partial charge in [-0.1, -0.05) is 110 Å². The summed E-state index contributed by atoms with van der Waals surface area (Å²) in [6.45, 7) is 1.77. The number of Topliss-reactive ketones (excluding diaryl/α,β-unsaturated/α-hetero) is 1. The van der Waals surface area contributed by atoms with Gasteiger partial charge in [-0.15, -0.1) is 0 Å². The van der Waals surface area contributed by atoms with E-state index >= 15 is 0 Å². The topological polar surface area (TPSA) is 74.8 Å². The number of carbonyl (C=O) groups is 4. The number of hydrogen-bond donors (Lipinski definition) is 0. The number of carbonyl (C=O) groups excluding carboxylic acids is 4. The second-order valence-corrected chi connectivity index (χ2v) is 11.4. The molecule has 6 nitrogen and oxygen atoms in total. The molecule has 3 atom stereocenters. The summed E-state index contributed by atoms with van der Waals surface area (Å²) >= 11 is 6.47. The van der Waals surface area contributed by atoms with Crippen LogP contribution in [0.15, 0.2) is 103 Å². The average molecular weight is 575 g/mol. The summed E-state index contributed by atoms with van der Waals surface area (Å²) in [6.07, 6.45) is 0.184. The highest BCUT2D eigenvalue weighted by Crippen LogP contribution is 2.61. The summed E-state index contributed by atoms with van der Waals surface area (Å²) in [7, 11) is 0. The lowest BCUT2D eigenvalue weighted by Crippen LogP contribution is -2.57. The monoisotopic (exact) mass is 574 g/mol. The van der Waals surface area contributed by atoms with E-state index in [1.54, 1.807) is 61.5 Å². The predicted octanol–water partition coefficient (Wildman–Crippen LogP) is 6.25. The lowest BCUT2D eigenvalue weighted by atomic mass is 9.55. The minimum Gasteiger partial charge on any atom is -0.292 e. The van der Waals surface area contributed by atoms with E-state index in [9.17, 15) is 19.2 Å². The van der Waals surface area contributed by atoms with E-state index in [2.05, 4.69) is 0 Å². The molecule has 7 heteroatoms. The number of ketones is 1. The van der Waals surface area contributed by atoms with Crippen molar-refractivity contribution in [2.45, 2.75) is 31.2 Å². The molecular formula is C35H27ClN2O4. The first-order valence-electron chi connectivity index (χ1n) is 14.2. The number of nitrogens with zero attached hydrogens (tertiary/aromatic N) is 2. The minimum atomic E-state index is -1.10. The van der Waals surface area contributed by atoms with Gasteiger partial charge >= 0.3 is 0 Å². The van der Waals surface area contributed by atoms with Crippen LogP contribution in [-0.2, 0) is 9.59 Å². The van der Waals surface area contributed by atoms with Crippen molar-refractivity contribution in [3.05, 3.63) is 142 Å². The molecule has 4 aliphatic rings. The van der Waals surface area contributed by atoms with Gasteiger partial charge in [0.05, 0.1) is 22.4 Å². The van der Waals surface area contributed by atoms with Crippen molar-refractivity contribution >= 4 is 35.1 Å². The highest BCUT2D eigenvalue weighted by atomic mass is 35.5. The molecule has 1 aliphatic heterocycles. The molecule has 0 saturated carbocycles. The molecule has 0 radical (unpaired) electrons. The lowest BCUT2D eigenvalue weighted by molar-refractivity contribution is -0.156. The summed E-state index contributed by atoms with van der Waals surface area (Å²) in [4.78, 5) is 57.4. The molecule has 3 amide bonds. The van der Waals surface area contributed by atoms with Crippen LogP contribution >= 0.6 is 11.6 Å². The molecule has 1 saturated heterocycles. The van der Waals surface area contributed by atoms with Crippen molar-refractivity contribution in [2.24, 2.45) is 11.8 Å². The van der Waals surface area contributed by atoms with Crippen molar-refractivity contribution in [1.82, 2.24) is 10.0 Å². The smallest absolute Gasteiger partial charge is 0.275 e. The minimum absolute atomic E-state index is 0.114. The fourth-order valence-corrected chi connectivity index (χ4v) is 7.48. The molecule has 8 rings (SSSR count). The first-order valence-corrected chi connectivity index (χ1v) is 14.5. The Labute approximate surface area is 248 Å². The predicted molar refractivity (Wildman–Crippen MR) is 158 cm³/mol. The lowest BCUT2D eigenvalue weighted by Gasteiger charge is -2.45. The molecule has 2 bridgehead atoms. The van der Waals surface area contributed by atoms with Gasteiger partial charge in [0.2, 0.25) is 0 Å². The van der Waals surface area contributed by atoms with Gasteiger partial charge < -0.3 is 0 Å². The number of benzene rings is 4. The van der Waals surface area contributed by atoms with Crippen LogP contribution in [0.4, 0.5) is 0 Å². The molecule has 1 heterocycles. The molecule has 0 spiro atoms. The van der Waals surface area contributed by atoms with Crippen LogP contribution in [0.25, 0.3) is 0 Å². The number of rotatable bonds is 6. The largest absolute Gasteiger partial charge is 0.292 e. The van der Waals surface area contributed by atoms with Crippen LogP contribution in [-0.4, -0.2) is 39.6 Å². The second kappa shape index (κ2) is 10.1. The number of hydrazine groups is 1. The van der Waals surface area contributed by atoms with Gasteiger partial charge in [0.1, 0.15) is 6.04 Å². The van der Waals surface area contributed by atoms with Crippen molar-refractivity contribution in [3.8, 4) is 0 Å². The maximum Gasteiger partial charge on any atom is 0.275 e. The van der Waals surface area contributed by atoms with E-state index in [0.717, 1.165) is 32.3 Å². The molecule has 4 aromatic rings. The summed E-state index contributed by atoms with van der Waals surface area (Å²) in [6, 6.07) is 29.9. The van der Waals surface area contributed by atoms with E-state index in [0.29, 0.717) is 5.56 Å². The Hall–Kier alpha value is -4.55. The normalized spacial score (nSPS) is 22.3. The SMILES string of the molecule is CC[C@H](C(=O)c1ccccc1)N(C(=O)c1ccccc1Cl)N1C(=O)[C@H]2C3c4ccccc4C(c4ccccc43)[C@@H]2C1=O. The van der Waals surface area contributed by atoms with Crippen LogP contribution in [0, 0.1) is 11.8 Å². The Morgan fingerprint density at radius 1 is 0.714 bits per heavy atom. The molecule has 1 fully saturated rings. The molecule has 0 unspecified atom stereocenters. The number of imide groups is 1. The van der Waals surface area contributed by atoms with Gasteiger partial charge in [0, 0.05) is 17.4 Å². The molecule has 208 valence electrons. The van der Waals surface area contributed by atoms with Crippen LogP contribution in [0.3, 0.4) is 0 Å². The molecular weight excluding hydrogens is 548 g/mol. The van der Waals surface area contributed by atoms with Gasteiger partial charge in [-0.05, 0) is 40.8 Å². The van der Waals surface area contributed by atoms with E-state index in [1.807, 2.05) is 48.5 Å². The maximum atomic E-state index is 14.6. The third-order valence-electron chi connectivity index (χ3n) is 9.00. The molecule has 0 N–H and O–H groups in total. The zero-order valence-electron chi connectivity index (χ0n) is 22.8. The van der Waals surface area contributed by atoms with Gasteiger partial charge in [-0.25, -0.2) is 5.01 Å². The number of hydrogen-bond acceptors (Lipinski definition) is 4. The summed E-state index contributed by atoms with van der Waals surface area (Å²) in [5, 5.41) is 2.24. The van der Waals surface area contributed by atoms with E-state index in [4.69, 9.17) is 11.6 Å². The zero-order chi connectivity index (χ0) is 29.1. The molecule has 4 aromatic carbocycles. The zero-order valence-corrected chi connectivity index (χ0v) is 23.6. The van der Waals surface area contributed by atoms with Crippen LogP contribution < -0.4 is 0 Å². The van der Waals surface area contributed by atoms with Gasteiger partial charge in [-0.2, -0.15) is 5.01 Å². The Morgan fingerprint density at radius 2 is 1.17 bits per heavy atom. The highest BCUT2D eigenvalue weighted by Gasteiger charge is 2.63. The first-order chi connectivity index (χ1) is 20.4. The fraction of sp³-hybridized carbons (Fsp3) is 0.200. The highest BCUT2D eigenvalue weighted by molar-refractivity contribution is 6.34. The molecule has 42 heavy (non-hydrogen) atoms. The van der Waals surface area contributed by atoms with Crippen molar-refractivity contribution < 1.29 is 19.2 Å². The van der Waals surface area contributed by atoms with Crippen molar-refractivity contribution in [2.75, 3.05) is 0 Å². The number of halogens is 1. The fourth-order valence-electron chi connectivity index (χ4n) is 7.27. The third-order valence-corrected chi connectivity index (χ3v) is 9.33. The van der Waals surface area contributed by atoms with Gasteiger partial charge in [-0.3, -0.25) is 19.2 Å². The maximum absolute atomic E-state index is 14.6.